The molecule has 1 aromatic rings. The molecular formula is C13H12FNO3. The van der Waals surface area contributed by atoms with Crippen LogP contribution >= 0.6 is 0 Å². The maximum Gasteiger partial charge on any atom is 0.327 e. The second-order valence-corrected chi connectivity index (χ2v) is 3.67. The number of nitrogens with one attached hydrogen (secondary N) is 1. The highest BCUT2D eigenvalue weighted by Gasteiger charge is 2.18. The minimum absolute atomic E-state index is 0.0912. The van der Waals surface area contributed by atoms with Gasteiger partial charge < -0.3 is 10.4 Å². The Kier molecular flexibility index (Phi) is 4.88. The molecule has 0 aliphatic heterocycles. The summed E-state index contributed by atoms with van der Waals surface area (Å²) in [6.07, 6.45) is 4.82. The average molecular weight is 249 g/mol. The quantitative estimate of drug-likeness (QED) is 0.764. The molecule has 18 heavy (non-hydrogen) atoms. The summed E-state index contributed by atoms with van der Waals surface area (Å²) in [5.41, 5.74) is 0.470. The van der Waals surface area contributed by atoms with Gasteiger partial charge in [0.05, 0.1) is 6.42 Å². The number of carbonyl (C=O) groups is 2. The zero-order valence-electron chi connectivity index (χ0n) is 9.52. The second-order valence-electron chi connectivity index (χ2n) is 3.67. The molecule has 0 saturated carbocycles. The van der Waals surface area contributed by atoms with Crippen LogP contribution < -0.4 is 5.32 Å². The van der Waals surface area contributed by atoms with Gasteiger partial charge in [0.1, 0.15) is 11.9 Å². The van der Waals surface area contributed by atoms with Gasteiger partial charge in [-0.1, -0.05) is 12.1 Å². The van der Waals surface area contributed by atoms with E-state index in [-0.39, 0.29) is 12.8 Å². The number of carbonyl (C=O) groups excluding carboxylic acids is 1. The number of rotatable bonds is 5. The third-order valence-corrected chi connectivity index (χ3v) is 2.21. The van der Waals surface area contributed by atoms with Gasteiger partial charge in [-0.05, 0) is 17.7 Å². The lowest BCUT2D eigenvalue weighted by atomic mass is 10.1. The topological polar surface area (TPSA) is 66.4 Å². The smallest absolute Gasteiger partial charge is 0.327 e. The van der Waals surface area contributed by atoms with Crippen LogP contribution in [0.4, 0.5) is 4.39 Å². The average Bonchev–Trinajstić information content (AvgIpc) is 2.28. The van der Waals surface area contributed by atoms with Crippen molar-refractivity contribution in [3.8, 4) is 12.3 Å². The van der Waals surface area contributed by atoms with E-state index in [1.54, 1.807) is 6.07 Å². The van der Waals surface area contributed by atoms with Crippen molar-refractivity contribution >= 4 is 11.9 Å². The number of aliphatic carboxylic acids is 1. The lowest BCUT2D eigenvalue weighted by Crippen LogP contribution is -2.41. The fourth-order valence-electron chi connectivity index (χ4n) is 1.40. The number of carboxylic acids is 1. The van der Waals surface area contributed by atoms with Gasteiger partial charge >= 0.3 is 5.97 Å². The van der Waals surface area contributed by atoms with E-state index in [2.05, 4.69) is 11.2 Å². The fourth-order valence-corrected chi connectivity index (χ4v) is 1.40. The normalized spacial score (nSPS) is 11.3. The summed E-state index contributed by atoms with van der Waals surface area (Å²) >= 11 is 0. The van der Waals surface area contributed by atoms with E-state index < -0.39 is 23.7 Å². The molecule has 94 valence electrons. The number of hydrogen-bond donors (Lipinski definition) is 2. The molecule has 1 aromatic carbocycles. The van der Waals surface area contributed by atoms with E-state index in [1.165, 1.54) is 18.2 Å². The zero-order chi connectivity index (χ0) is 13.5. The van der Waals surface area contributed by atoms with Gasteiger partial charge in [0.2, 0.25) is 5.91 Å². The van der Waals surface area contributed by atoms with Crippen LogP contribution in [0.5, 0.6) is 0 Å². The summed E-state index contributed by atoms with van der Waals surface area (Å²) in [4.78, 5) is 22.3. The van der Waals surface area contributed by atoms with E-state index in [4.69, 9.17) is 11.5 Å². The van der Waals surface area contributed by atoms with Crippen molar-refractivity contribution in [1.82, 2.24) is 5.32 Å². The van der Waals surface area contributed by atoms with Crippen LogP contribution in [0.2, 0.25) is 0 Å². The Morgan fingerprint density at radius 2 is 2.22 bits per heavy atom. The molecule has 1 amide bonds. The van der Waals surface area contributed by atoms with E-state index in [1.807, 2.05) is 0 Å². The highest BCUT2D eigenvalue weighted by molar-refractivity contribution is 5.85. The first-order chi connectivity index (χ1) is 8.52. The molecule has 0 radical (unpaired) electrons. The molecule has 0 aromatic heterocycles. The minimum Gasteiger partial charge on any atom is -0.480 e. The molecule has 4 nitrogen and oxygen atoms in total. The van der Waals surface area contributed by atoms with E-state index in [9.17, 15) is 14.0 Å². The molecule has 2 N–H and O–H groups in total. The summed E-state index contributed by atoms with van der Waals surface area (Å²) in [5.74, 6) is 0.0215. The predicted molar refractivity (Wildman–Crippen MR) is 63.1 cm³/mol. The van der Waals surface area contributed by atoms with Crippen molar-refractivity contribution in [2.24, 2.45) is 0 Å². The number of carboxylic acid groups (broad SMARTS) is 1. The molecule has 5 heteroatoms. The molecule has 0 bridgehead atoms. The Bertz CT molecular complexity index is 493. The maximum atomic E-state index is 12.9. The molecule has 0 spiro atoms. The Balaban J connectivity index is 2.61. The summed E-state index contributed by atoms with van der Waals surface area (Å²) in [7, 11) is 0. The van der Waals surface area contributed by atoms with Crippen molar-refractivity contribution in [3.05, 3.63) is 35.6 Å². The predicted octanol–water partition coefficient (Wildman–Crippen LogP) is 0.961. The highest BCUT2D eigenvalue weighted by atomic mass is 19.1. The third-order valence-electron chi connectivity index (χ3n) is 2.21. The standard InChI is InChI=1S/C13H12FNO3/c1-2-4-11(13(17)18)15-12(16)8-9-5-3-6-10(14)7-9/h1,3,5-7,11H,4,8H2,(H,15,16)(H,17,18)/t11-/m1/s1. The summed E-state index contributed by atoms with van der Waals surface area (Å²) < 4.78 is 12.9. The maximum absolute atomic E-state index is 12.9. The van der Waals surface area contributed by atoms with Gasteiger partial charge in [-0.15, -0.1) is 12.3 Å². The molecule has 0 saturated heterocycles. The number of hydrogen-bond acceptors (Lipinski definition) is 2. The number of amides is 1. The molecular weight excluding hydrogens is 237 g/mol. The van der Waals surface area contributed by atoms with Crippen LogP contribution in [-0.2, 0) is 16.0 Å². The molecule has 0 heterocycles. The summed E-state index contributed by atoms with van der Waals surface area (Å²) in [5, 5.41) is 11.1. The molecule has 0 fully saturated rings. The summed E-state index contributed by atoms with van der Waals surface area (Å²) in [6, 6.07) is 4.43. The largest absolute Gasteiger partial charge is 0.480 e. The number of halogens is 1. The summed E-state index contributed by atoms with van der Waals surface area (Å²) in [6.45, 7) is 0. The number of terminal acetylenes is 1. The molecule has 1 rings (SSSR count). The van der Waals surface area contributed by atoms with Crippen molar-refractivity contribution in [2.45, 2.75) is 18.9 Å². The molecule has 0 aliphatic carbocycles. The minimum atomic E-state index is -1.19. The van der Waals surface area contributed by atoms with Crippen LogP contribution in [0.1, 0.15) is 12.0 Å². The van der Waals surface area contributed by atoms with Gasteiger partial charge in [0, 0.05) is 6.42 Å². The van der Waals surface area contributed by atoms with Gasteiger partial charge in [0.15, 0.2) is 0 Å². The van der Waals surface area contributed by atoms with E-state index >= 15 is 0 Å². The third kappa shape index (κ3) is 4.26. The van der Waals surface area contributed by atoms with E-state index in [0.717, 1.165) is 0 Å². The lowest BCUT2D eigenvalue weighted by Gasteiger charge is -2.11. The Labute approximate surface area is 104 Å². The monoisotopic (exact) mass is 249 g/mol. The highest BCUT2D eigenvalue weighted by Crippen LogP contribution is 2.04. The first kappa shape index (κ1) is 13.7. The molecule has 0 unspecified atom stereocenters. The Morgan fingerprint density at radius 1 is 1.50 bits per heavy atom. The first-order valence-corrected chi connectivity index (χ1v) is 5.23. The van der Waals surface area contributed by atoms with Crippen LogP contribution in [-0.4, -0.2) is 23.0 Å². The van der Waals surface area contributed by atoms with Crippen LogP contribution in [0, 0.1) is 18.2 Å². The Morgan fingerprint density at radius 3 is 2.78 bits per heavy atom. The van der Waals surface area contributed by atoms with Gasteiger partial charge in [-0.25, -0.2) is 9.18 Å². The first-order valence-electron chi connectivity index (χ1n) is 5.23. The molecule has 0 aliphatic rings. The van der Waals surface area contributed by atoms with Crippen molar-refractivity contribution in [1.29, 1.82) is 0 Å². The van der Waals surface area contributed by atoms with E-state index in [0.29, 0.717) is 5.56 Å². The van der Waals surface area contributed by atoms with Crippen molar-refractivity contribution < 1.29 is 19.1 Å². The van der Waals surface area contributed by atoms with Crippen LogP contribution in [0.15, 0.2) is 24.3 Å². The van der Waals surface area contributed by atoms with Crippen molar-refractivity contribution in [3.63, 3.8) is 0 Å². The lowest BCUT2D eigenvalue weighted by molar-refractivity contribution is -0.141. The Hall–Kier alpha value is -2.35. The SMILES string of the molecule is C#CC[C@@H](NC(=O)Cc1cccc(F)c1)C(=O)O. The van der Waals surface area contributed by atoms with Gasteiger partial charge in [0.25, 0.3) is 0 Å². The zero-order valence-corrected chi connectivity index (χ0v) is 9.52. The van der Waals surface area contributed by atoms with Gasteiger partial charge in [-0.2, -0.15) is 0 Å². The van der Waals surface area contributed by atoms with Crippen molar-refractivity contribution in [2.75, 3.05) is 0 Å². The van der Waals surface area contributed by atoms with Gasteiger partial charge in [-0.3, -0.25) is 4.79 Å². The fraction of sp³-hybridized carbons (Fsp3) is 0.231. The van der Waals surface area contributed by atoms with Crippen LogP contribution in [0.25, 0.3) is 0 Å². The number of benzene rings is 1. The van der Waals surface area contributed by atoms with Crippen LogP contribution in [0.3, 0.4) is 0 Å². The second kappa shape index (κ2) is 6.40. The molecule has 1 atom stereocenters.